The van der Waals surface area contributed by atoms with Gasteiger partial charge >= 0.3 is 11.7 Å². The highest BCUT2D eigenvalue weighted by Crippen LogP contribution is 2.06. The molecule has 8 nitrogen and oxygen atoms in total. The van der Waals surface area contributed by atoms with E-state index in [2.05, 4.69) is 19.7 Å². The minimum absolute atomic E-state index is 0.0760. The van der Waals surface area contributed by atoms with Crippen molar-refractivity contribution in [1.29, 1.82) is 5.39 Å². The van der Waals surface area contributed by atoms with Crippen LogP contribution in [-0.2, 0) is 9.53 Å². The molecule has 0 heterocycles. The maximum Gasteiger partial charge on any atom is 0.505 e. The second-order valence-corrected chi connectivity index (χ2v) is 2.00. The summed E-state index contributed by atoms with van der Waals surface area (Å²) < 4.78 is 4.45. The Bertz CT molecular complexity index is 336. The summed E-state index contributed by atoms with van der Waals surface area (Å²) in [5.74, 6) is -1.63. The van der Waals surface area contributed by atoms with Gasteiger partial charge in [-0.2, -0.15) is 0 Å². The van der Waals surface area contributed by atoms with E-state index in [-0.39, 0.29) is 6.61 Å². The van der Waals surface area contributed by atoms with E-state index in [9.17, 15) is 4.79 Å². The molecule has 74 valence electrons. The van der Waals surface area contributed by atoms with Crippen molar-refractivity contribution in [2.45, 2.75) is 6.92 Å². The van der Waals surface area contributed by atoms with Crippen LogP contribution >= 0.6 is 0 Å². The van der Waals surface area contributed by atoms with Gasteiger partial charge in [-0.3, -0.25) is 0 Å². The molecule has 0 aromatic rings. The molecule has 14 heavy (non-hydrogen) atoms. The summed E-state index contributed by atoms with van der Waals surface area (Å²) in [5.41, 5.74) is 7.26. The van der Waals surface area contributed by atoms with E-state index in [1.807, 2.05) is 0 Å². The zero-order chi connectivity index (χ0) is 11.0. The number of nitrogens with zero attached hydrogens (tertiary/aromatic N) is 5. The summed E-state index contributed by atoms with van der Waals surface area (Å²) in [4.78, 5) is 15.8. The summed E-state index contributed by atoms with van der Waals surface area (Å²) in [7, 11) is 0. The van der Waals surface area contributed by atoms with Crippen molar-refractivity contribution in [3.63, 3.8) is 0 Å². The molecule has 0 amide bonds. The molecule has 0 aliphatic rings. The molecule has 0 aliphatic carbocycles. The van der Waals surface area contributed by atoms with E-state index >= 15 is 0 Å². The molecule has 0 atom stereocenters. The van der Waals surface area contributed by atoms with Gasteiger partial charge in [0.2, 0.25) is 11.2 Å². The Morgan fingerprint density at radius 3 is 2.79 bits per heavy atom. The van der Waals surface area contributed by atoms with Gasteiger partial charge in [0.1, 0.15) is 0 Å². The fourth-order valence-corrected chi connectivity index (χ4v) is 0.589. The Hall–Kier alpha value is -2.26. The summed E-state index contributed by atoms with van der Waals surface area (Å²) >= 11 is 0. The van der Waals surface area contributed by atoms with Crippen LogP contribution in [0.3, 0.4) is 0 Å². The number of esters is 1. The topological polar surface area (TPSA) is 123 Å². The van der Waals surface area contributed by atoms with Crippen LogP contribution < -0.4 is 0 Å². The molecular formula is C6H8N5O3+. The van der Waals surface area contributed by atoms with Gasteiger partial charge in [0, 0.05) is 4.91 Å². The van der Waals surface area contributed by atoms with Gasteiger partial charge < -0.3 is 9.84 Å². The molecule has 0 aromatic carbocycles. The van der Waals surface area contributed by atoms with Crippen molar-refractivity contribution in [1.82, 2.24) is 0 Å². The molecule has 0 saturated heterocycles. The third-order valence-electron chi connectivity index (χ3n) is 1.13. The molecule has 0 bridgehead atoms. The highest BCUT2D eigenvalue weighted by molar-refractivity contribution is 5.90. The van der Waals surface area contributed by atoms with Gasteiger partial charge in [0.15, 0.2) is 4.98 Å². The molecule has 0 unspecified atom stereocenters. The predicted molar refractivity (Wildman–Crippen MR) is 45.4 cm³/mol. The van der Waals surface area contributed by atoms with E-state index < -0.39 is 24.0 Å². The average molecular weight is 198 g/mol. The van der Waals surface area contributed by atoms with Crippen molar-refractivity contribution in [2.75, 3.05) is 13.2 Å². The van der Waals surface area contributed by atoms with Gasteiger partial charge in [-0.05, 0) is 12.5 Å². The lowest BCUT2D eigenvalue weighted by molar-refractivity contribution is -0.138. The highest BCUT2D eigenvalue weighted by atomic mass is 16.5. The number of azide groups is 1. The van der Waals surface area contributed by atoms with E-state index in [1.54, 1.807) is 6.92 Å². The van der Waals surface area contributed by atoms with Crippen LogP contribution in [-0.4, -0.2) is 24.2 Å². The Kier molecular flexibility index (Phi) is 5.26. The van der Waals surface area contributed by atoms with Gasteiger partial charge in [-0.25, -0.2) is 4.79 Å². The summed E-state index contributed by atoms with van der Waals surface area (Å²) in [6.07, 6.45) is 0. The van der Waals surface area contributed by atoms with Gasteiger partial charge in [0.25, 0.3) is 0 Å². The summed E-state index contributed by atoms with van der Waals surface area (Å²) in [6, 6.07) is 0. The third-order valence-corrected chi connectivity index (χ3v) is 1.13. The number of carbonyl (C=O) groups excluding carboxylic acids is 1. The predicted octanol–water partition coefficient (Wildman–Crippen LogP) is 1.48. The number of rotatable bonds is 4. The van der Waals surface area contributed by atoms with Crippen LogP contribution in [0, 0.1) is 5.39 Å². The lowest BCUT2D eigenvalue weighted by Gasteiger charge is -1.93. The number of hydrogen-bond acceptors (Lipinski definition) is 5. The quantitative estimate of drug-likeness (QED) is 0.140. The van der Waals surface area contributed by atoms with Crippen LogP contribution in [0.2, 0.25) is 0 Å². The van der Waals surface area contributed by atoms with Crippen molar-refractivity contribution in [3.05, 3.63) is 26.9 Å². The molecule has 0 fully saturated rings. The van der Waals surface area contributed by atoms with Gasteiger partial charge in [0.05, 0.1) is 13.2 Å². The van der Waals surface area contributed by atoms with Crippen molar-refractivity contribution in [3.8, 4) is 0 Å². The lowest BCUT2D eigenvalue weighted by Crippen LogP contribution is -2.08. The maximum absolute atomic E-state index is 11.0. The first-order valence-electron chi connectivity index (χ1n) is 3.62. The second-order valence-electron chi connectivity index (χ2n) is 2.00. The van der Waals surface area contributed by atoms with Crippen molar-refractivity contribution in [2.24, 2.45) is 5.11 Å². The highest BCUT2D eigenvalue weighted by Gasteiger charge is 2.29. The fourth-order valence-electron chi connectivity index (χ4n) is 0.589. The number of aliphatic hydroxyl groups excluding tert-OH is 1. The molecule has 8 heteroatoms. The number of aliphatic hydroxyl groups is 1. The van der Waals surface area contributed by atoms with Gasteiger partial charge in [-0.15, -0.1) is 0 Å². The van der Waals surface area contributed by atoms with E-state index in [4.69, 9.17) is 16.0 Å². The third kappa shape index (κ3) is 3.42. The molecule has 0 saturated carbocycles. The first-order valence-corrected chi connectivity index (χ1v) is 3.62. The molecule has 0 rings (SSSR count). The van der Waals surface area contributed by atoms with E-state index in [0.29, 0.717) is 0 Å². The number of carbonyl (C=O) groups is 1. The number of diazo groups is 1. The van der Waals surface area contributed by atoms with Crippen LogP contribution in [0.1, 0.15) is 6.92 Å². The zero-order valence-electron chi connectivity index (χ0n) is 7.41. The summed E-state index contributed by atoms with van der Waals surface area (Å²) in [5, 5.41) is 20.4. The molecule has 1 N–H and O–H groups in total. The molecule has 0 spiro atoms. The molecular weight excluding hydrogens is 190 g/mol. The minimum atomic E-state index is -0.986. The van der Waals surface area contributed by atoms with E-state index in [1.165, 1.54) is 0 Å². The fraction of sp³-hybridized carbons (Fsp3) is 0.500. The largest absolute Gasteiger partial charge is 0.505 e. The lowest BCUT2D eigenvalue weighted by atomic mass is 10.3. The SMILES string of the molecule is CCOC(=O)/C([N+]#N)=C(\O)CN=[N+]=[N-]. The van der Waals surface area contributed by atoms with Gasteiger partial charge in [-0.1, -0.05) is 5.11 Å². The zero-order valence-corrected chi connectivity index (χ0v) is 7.41. The van der Waals surface area contributed by atoms with E-state index in [0.717, 1.165) is 0 Å². The Morgan fingerprint density at radius 1 is 1.71 bits per heavy atom. The van der Waals surface area contributed by atoms with Crippen LogP contribution in [0.25, 0.3) is 15.4 Å². The van der Waals surface area contributed by atoms with Crippen LogP contribution in [0.5, 0.6) is 0 Å². The average Bonchev–Trinajstić information content (AvgIpc) is 2.16. The molecule has 0 radical (unpaired) electrons. The molecule has 0 aromatic heterocycles. The second kappa shape index (κ2) is 6.28. The smallest absolute Gasteiger partial charge is 0.505 e. The standard InChI is InChI=1S/C6H7N5O3/c1-2-14-6(13)5(10-7)4(12)3-9-11-8/h2-3H2,1H3/p+1. The monoisotopic (exact) mass is 198 g/mol. The molecule has 0 aliphatic heterocycles. The first kappa shape index (κ1) is 11.7. The maximum atomic E-state index is 11.0. The minimum Gasteiger partial charge on any atom is -0.505 e. The van der Waals surface area contributed by atoms with Crippen molar-refractivity contribution < 1.29 is 14.6 Å². The number of hydrogen-bond donors (Lipinski definition) is 1. The van der Waals surface area contributed by atoms with Crippen LogP contribution in [0.4, 0.5) is 0 Å². The Morgan fingerprint density at radius 2 is 2.36 bits per heavy atom. The Balaban J connectivity index is 4.76. The first-order chi connectivity index (χ1) is 6.67. The normalized spacial score (nSPS) is 10.6. The van der Waals surface area contributed by atoms with Crippen molar-refractivity contribution >= 4 is 5.97 Å². The Labute approximate surface area is 79.0 Å². The number of ether oxygens (including phenoxy) is 1. The summed E-state index contributed by atoms with van der Waals surface area (Å²) in [6.45, 7) is 1.15. The van der Waals surface area contributed by atoms with Crippen LogP contribution in [0.15, 0.2) is 16.6 Å².